The van der Waals surface area contributed by atoms with Crippen LogP contribution in [0.15, 0.2) is 28.8 Å². The summed E-state index contributed by atoms with van der Waals surface area (Å²) in [6.07, 6.45) is 1.17. The van der Waals surface area contributed by atoms with Gasteiger partial charge in [0.05, 0.1) is 0 Å². The van der Waals surface area contributed by atoms with Crippen molar-refractivity contribution in [3.8, 4) is 5.75 Å². The molecule has 1 aromatic carbocycles. The number of amides is 2. The molecule has 26 heavy (non-hydrogen) atoms. The quantitative estimate of drug-likeness (QED) is 0.884. The number of aromatic nitrogens is 1. The van der Waals surface area contributed by atoms with E-state index in [0.29, 0.717) is 31.7 Å². The van der Waals surface area contributed by atoms with Crippen LogP contribution in [0.3, 0.4) is 0 Å². The van der Waals surface area contributed by atoms with Crippen molar-refractivity contribution in [2.75, 3.05) is 13.1 Å². The second kappa shape index (κ2) is 7.59. The van der Waals surface area contributed by atoms with Crippen molar-refractivity contribution in [3.05, 3.63) is 46.8 Å². The van der Waals surface area contributed by atoms with Crippen LogP contribution in [-0.2, 0) is 11.4 Å². The largest absolute Gasteiger partial charge is 0.485 e. The number of hydrogen-bond donors (Lipinski definition) is 1. The van der Waals surface area contributed by atoms with Crippen LogP contribution >= 0.6 is 0 Å². The summed E-state index contributed by atoms with van der Waals surface area (Å²) in [4.78, 5) is 25.4. The zero-order chi connectivity index (χ0) is 18.7. The van der Waals surface area contributed by atoms with Gasteiger partial charge >= 0.3 is 0 Å². The van der Waals surface area contributed by atoms with E-state index in [1.54, 1.807) is 11.0 Å². The Morgan fingerprint density at radius 2 is 2.00 bits per heavy atom. The Labute approximate surface area is 152 Å². The molecular weight excluding hydrogens is 334 g/mol. The first-order valence-corrected chi connectivity index (χ1v) is 8.68. The molecule has 2 aromatic rings. The van der Waals surface area contributed by atoms with Crippen molar-refractivity contribution >= 4 is 11.8 Å². The van der Waals surface area contributed by atoms with Gasteiger partial charge in [0.15, 0.2) is 11.5 Å². The van der Waals surface area contributed by atoms with Gasteiger partial charge in [-0.25, -0.2) is 0 Å². The van der Waals surface area contributed by atoms with Crippen LogP contribution in [0.2, 0.25) is 0 Å². The van der Waals surface area contributed by atoms with Gasteiger partial charge in [-0.05, 0) is 43.9 Å². The average Bonchev–Trinajstić information content (AvgIpc) is 3.11. The lowest BCUT2D eigenvalue weighted by molar-refractivity contribution is -0.123. The summed E-state index contributed by atoms with van der Waals surface area (Å²) in [5, 5.41) is 3.86. The van der Waals surface area contributed by atoms with Gasteiger partial charge in [0.25, 0.3) is 5.91 Å². The monoisotopic (exact) mass is 357 g/mol. The number of benzene rings is 1. The zero-order valence-corrected chi connectivity index (χ0v) is 15.0. The molecule has 7 nitrogen and oxygen atoms in total. The first-order chi connectivity index (χ1) is 12.4. The number of rotatable bonds is 5. The fourth-order valence-electron chi connectivity index (χ4n) is 3.02. The van der Waals surface area contributed by atoms with E-state index in [0.717, 1.165) is 16.9 Å². The van der Waals surface area contributed by atoms with Crippen LogP contribution in [0.5, 0.6) is 5.75 Å². The fourth-order valence-corrected chi connectivity index (χ4v) is 3.02. The molecule has 2 amide bonds. The third-order valence-corrected chi connectivity index (χ3v) is 4.68. The highest BCUT2D eigenvalue weighted by atomic mass is 16.5. The third kappa shape index (κ3) is 4.04. The maximum atomic E-state index is 12.5. The number of piperidine rings is 1. The molecule has 0 atom stereocenters. The molecule has 2 heterocycles. The maximum absolute atomic E-state index is 12.5. The number of hydrogen-bond acceptors (Lipinski definition) is 5. The first kappa shape index (κ1) is 18.0. The molecule has 0 aliphatic carbocycles. The summed E-state index contributed by atoms with van der Waals surface area (Å²) in [7, 11) is 0. The van der Waals surface area contributed by atoms with Crippen LogP contribution in [0.25, 0.3) is 0 Å². The number of ether oxygens (including phenoxy) is 1. The summed E-state index contributed by atoms with van der Waals surface area (Å²) in [6, 6.07) is 7.58. The van der Waals surface area contributed by atoms with Crippen LogP contribution in [0.1, 0.15) is 40.2 Å². The lowest BCUT2D eigenvalue weighted by Gasteiger charge is -2.29. The lowest BCUT2D eigenvalue weighted by Crippen LogP contribution is -2.41. The van der Waals surface area contributed by atoms with E-state index in [2.05, 4.69) is 5.16 Å². The highest BCUT2D eigenvalue weighted by molar-refractivity contribution is 5.92. The number of carbonyl (C=O) groups excluding carboxylic acids is 2. The maximum Gasteiger partial charge on any atom is 0.276 e. The second-order valence-electron chi connectivity index (χ2n) is 6.70. The van der Waals surface area contributed by atoms with Crippen molar-refractivity contribution in [1.82, 2.24) is 10.1 Å². The van der Waals surface area contributed by atoms with Crippen LogP contribution < -0.4 is 10.5 Å². The Hall–Kier alpha value is -2.83. The van der Waals surface area contributed by atoms with Gasteiger partial charge in [-0.3, -0.25) is 9.59 Å². The molecule has 1 aromatic heterocycles. The average molecular weight is 357 g/mol. The predicted molar refractivity (Wildman–Crippen MR) is 94.6 cm³/mol. The molecule has 1 aliphatic rings. The topological polar surface area (TPSA) is 98.7 Å². The van der Waals surface area contributed by atoms with Gasteiger partial charge in [-0.15, -0.1) is 0 Å². The Bertz CT molecular complexity index is 807. The number of carbonyl (C=O) groups is 2. The molecule has 138 valence electrons. The van der Waals surface area contributed by atoms with Crippen molar-refractivity contribution in [1.29, 1.82) is 0 Å². The highest BCUT2D eigenvalue weighted by Gasteiger charge is 2.28. The highest BCUT2D eigenvalue weighted by Crippen LogP contribution is 2.22. The predicted octanol–water partition coefficient (Wildman–Crippen LogP) is 2.21. The summed E-state index contributed by atoms with van der Waals surface area (Å²) < 4.78 is 11.0. The molecule has 1 saturated heterocycles. The van der Waals surface area contributed by atoms with E-state index >= 15 is 0 Å². The summed E-state index contributed by atoms with van der Waals surface area (Å²) in [6.45, 7) is 5.16. The van der Waals surface area contributed by atoms with Crippen LogP contribution in [0.4, 0.5) is 0 Å². The van der Waals surface area contributed by atoms with Crippen LogP contribution in [0, 0.1) is 19.8 Å². The molecular formula is C19H23N3O4. The minimum Gasteiger partial charge on any atom is -0.485 e. The van der Waals surface area contributed by atoms with Gasteiger partial charge in [-0.1, -0.05) is 17.3 Å². The molecule has 0 radical (unpaired) electrons. The van der Waals surface area contributed by atoms with Crippen molar-refractivity contribution in [2.24, 2.45) is 11.7 Å². The molecule has 1 fully saturated rings. The Kier molecular flexibility index (Phi) is 5.25. The normalized spacial score (nSPS) is 15.1. The number of nitrogens with zero attached hydrogens (tertiary/aromatic N) is 2. The summed E-state index contributed by atoms with van der Waals surface area (Å²) in [5.74, 6) is 0.612. The standard InChI is InChI=1S/C19H23N3O4/c1-12-3-4-13(2)17(9-12)25-11-15-10-16(21-26-15)19(24)22-7-5-14(6-8-22)18(20)23/h3-4,9-10,14H,5-8,11H2,1-2H3,(H2,20,23). The van der Waals surface area contributed by atoms with Crippen molar-refractivity contribution in [2.45, 2.75) is 33.3 Å². The van der Waals surface area contributed by atoms with Gasteiger partial charge in [0.2, 0.25) is 5.91 Å². The van der Waals surface area contributed by atoms with Gasteiger partial charge in [-0.2, -0.15) is 0 Å². The van der Waals surface area contributed by atoms with Gasteiger partial charge < -0.3 is 19.9 Å². The third-order valence-electron chi connectivity index (χ3n) is 4.68. The van der Waals surface area contributed by atoms with E-state index < -0.39 is 0 Å². The molecule has 1 aliphatic heterocycles. The molecule has 0 bridgehead atoms. The number of aryl methyl sites for hydroxylation is 2. The lowest BCUT2D eigenvalue weighted by atomic mass is 9.96. The SMILES string of the molecule is Cc1ccc(C)c(OCc2cc(C(=O)N3CCC(C(N)=O)CC3)no2)c1. The summed E-state index contributed by atoms with van der Waals surface area (Å²) >= 11 is 0. The Morgan fingerprint density at radius 3 is 2.69 bits per heavy atom. The number of primary amides is 1. The van der Waals surface area contributed by atoms with E-state index in [1.165, 1.54) is 0 Å². The Balaban J connectivity index is 1.58. The zero-order valence-electron chi connectivity index (χ0n) is 15.0. The van der Waals surface area contributed by atoms with Crippen molar-refractivity contribution < 1.29 is 18.8 Å². The molecule has 0 spiro atoms. The molecule has 0 unspecified atom stereocenters. The molecule has 7 heteroatoms. The number of nitrogens with two attached hydrogens (primary N) is 1. The van der Waals surface area contributed by atoms with Crippen molar-refractivity contribution in [3.63, 3.8) is 0 Å². The smallest absolute Gasteiger partial charge is 0.276 e. The molecule has 2 N–H and O–H groups in total. The summed E-state index contributed by atoms with van der Waals surface area (Å²) in [5.41, 5.74) is 7.71. The van der Waals surface area contributed by atoms with Gasteiger partial charge in [0.1, 0.15) is 12.4 Å². The second-order valence-corrected chi connectivity index (χ2v) is 6.70. The number of likely N-dealkylation sites (tertiary alicyclic amines) is 1. The van der Waals surface area contributed by atoms with E-state index in [4.69, 9.17) is 15.0 Å². The Morgan fingerprint density at radius 1 is 1.27 bits per heavy atom. The van der Waals surface area contributed by atoms with E-state index in [9.17, 15) is 9.59 Å². The fraction of sp³-hybridized carbons (Fsp3) is 0.421. The first-order valence-electron chi connectivity index (χ1n) is 8.68. The molecule has 3 rings (SSSR count). The van der Waals surface area contributed by atoms with E-state index in [-0.39, 0.29) is 30.0 Å². The minimum absolute atomic E-state index is 0.155. The minimum atomic E-state index is -0.301. The van der Waals surface area contributed by atoms with Crippen LogP contribution in [-0.4, -0.2) is 35.0 Å². The molecule has 0 saturated carbocycles. The van der Waals surface area contributed by atoms with Gasteiger partial charge in [0, 0.05) is 25.1 Å². The van der Waals surface area contributed by atoms with E-state index in [1.807, 2.05) is 32.0 Å².